The molecule has 6 rings (SSSR count). The molecule has 1 fully saturated rings. The summed E-state index contributed by atoms with van der Waals surface area (Å²) in [5.41, 5.74) is 3.60. The van der Waals surface area contributed by atoms with E-state index in [9.17, 15) is 16.8 Å². The van der Waals surface area contributed by atoms with Crippen molar-refractivity contribution < 1.29 is 16.8 Å². The zero-order valence-electron chi connectivity index (χ0n) is 20.3. The summed E-state index contributed by atoms with van der Waals surface area (Å²) in [7, 11) is -5.97. The summed E-state index contributed by atoms with van der Waals surface area (Å²) in [6.45, 7) is 0. The number of nitrogens with zero attached hydrogens (tertiary/aromatic N) is 3. The van der Waals surface area contributed by atoms with Crippen molar-refractivity contribution in [3.63, 3.8) is 0 Å². The van der Waals surface area contributed by atoms with E-state index >= 15 is 0 Å². The lowest BCUT2D eigenvalue weighted by atomic mass is 9.76. The van der Waals surface area contributed by atoms with Crippen LogP contribution in [0.5, 0.6) is 0 Å². The lowest BCUT2D eigenvalue weighted by Crippen LogP contribution is -2.31. The fourth-order valence-electron chi connectivity index (χ4n) is 5.79. The molecule has 186 valence electrons. The highest BCUT2D eigenvalue weighted by Crippen LogP contribution is 2.70. The summed E-state index contributed by atoms with van der Waals surface area (Å²) in [5.74, 6) is 0. The Morgan fingerprint density at radius 1 is 0.639 bits per heavy atom. The molecular weight excluding hydrogens is 513 g/mol. The van der Waals surface area contributed by atoms with Crippen LogP contribution in [-0.4, -0.2) is 56.3 Å². The molecule has 0 spiro atoms. The minimum Gasteiger partial charge on any atom is -0.262 e. The molecule has 4 aromatic carbocycles. The zero-order chi connectivity index (χ0) is 25.6. The quantitative estimate of drug-likeness (QED) is 0.339. The summed E-state index contributed by atoms with van der Waals surface area (Å²) < 4.78 is 58.1. The number of rotatable bonds is 3. The van der Waals surface area contributed by atoms with Crippen molar-refractivity contribution in [3.05, 3.63) is 83.9 Å². The van der Waals surface area contributed by atoms with E-state index in [-0.39, 0.29) is 0 Å². The van der Waals surface area contributed by atoms with Gasteiger partial charge in [-0.25, -0.2) is 16.8 Å². The van der Waals surface area contributed by atoms with Crippen LogP contribution in [0.2, 0.25) is 0 Å². The normalized spacial score (nSPS) is 21.1. The number of hydrogen-bond acceptors (Lipinski definition) is 5. The molecule has 1 saturated heterocycles. The van der Waals surface area contributed by atoms with Crippen molar-refractivity contribution in [2.45, 2.75) is 12.1 Å². The predicted molar refractivity (Wildman–Crippen MR) is 146 cm³/mol. The Balaban J connectivity index is 1.83. The average Bonchev–Trinajstić information content (AvgIpc) is 3.21. The molecule has 1 aliphatic heterocycles. The van der Waals surface area contributed by atoms with Gasteiger partial charge in [0.15, 0.2) is 0 Å². The first kappa shape index (κ1) is 24.0. The van der Waals surface area contributed by atoms with E-state index in [1.807, 2.05) is 60.7 Å². The SMILES string of the molecule is CN(C)P1N(S(C)(=O)=O)[C@@H]2c3ccc4ccccc4c3-c3c(ccc4ccccc34)[C@H]2N1S(C)(=O)=O. The summed E-state index contributed by atoms with van der Waals surface area (Å²) in [6.07, 6.45) is 2.34. The fraction of sp³-hybridized carbons (Fsp3) is 0.231. The van der Waals surface area contributed by atoms with Crippen molar-refractivity contribution >= 4 is 50.0 Å². The second-order valence-electron chi connectivity index (χ2n) is 9.58. The van der Waals surface area contributed by atoms with Gasteiger partial charge in [-0.15, -0.1) is 8.15 Å². The Kier molecular flexibility index (Phi) is 5.36. The Bertz CT molecular complexity index is 1650. The van der Waals surface area contributed by atoms with Gasteiger partial charge in [0, 0.05) is 0 Å². The average molecular weight is 540 g/mol. The number of hydrogen-bond donors (Lipinski definition) is 0. The molecule has 0 radical (unpaired) electrons. The van der Waals surface area contributed by atoms with Crippen molar-refractivity contribution in [2.24, 2.45) is 0 Å². The van der Waals surface area contributed by atoms with E-state index in [2.05, 4.69) is 12.1 Å². The van der Waals surface area contributed by atoms with Gasteiger partial charge < -0.3 is 0 Å². The van der Waals surface area contributed by atoms with Crippen LogP contribution in [-0.2, 0) is 20.0 Å². The topological polar surface area (TPSA) is 78.0 Å². The Morgan fingerprint density at radius 3 is 1.39 bits per heavy atom. The van der Waals surface area contributed by atoms with E-state index in [0.717, 1.165) is 43.8 Å². The number of sulfonamides is 2. The monoisotopic (exact) mass is 539 g/mol. The zero-order valence-corrected chi connectivity index (χ0v) is 22.8. The molecule has 0 unspecified atom stereocenters. The minimum absolute atomic E-state index is 0.684. The highest BCUT2D eigenvalue weighted by molar-refractivity contribution is 7.98. The summed E-state index contributed by atoms with van der Waals surface area (Å²) in [4.78, 5) is 0. The predicted octanol–water partition coefficient (Wildman–Crippen LogP) is 5.08. The van der Waals surface area contributed by atoms with Crippen molar-refractivity contribution in [3.8, 4) is 11.1 Å². The largest absolute Gasteiger partial charge is 0.262 e. The Hall–Kier alpha value is -2.39. The molecule has 7 nitrogen and oxygen atoms in total. The van der Waals surface area contributed by atoms with Crippen LogP contribution >= 0.6 is 8.37 Å². The van der Waals surface area contributed by atoms with Gasteiger partial charge >= 0.3 is 0 Å². The standard InChI is InChI=1S/C26H26N3O4PS2/c1-27(2)34-28(35(3,30)31)25-21-15-13-17-9-5-7-11-19(17)23(21)24-20-12-8-6-10-18(20)14-16-22(24)26(25)29(34)36(4,32)33/h5-16,25-26H,1-4H3/t25-,26-/m1/s1. The van der Waals surface area contributed by atoms with Crippen LogP contribution in [0.3, 0.4) is 0 Å². The van der Waals surface area contributed by atoms with Crippen molar-refractivity contribution in [1.29, 1.82) is 0 Å². The molecule has 0 N–H and O–H groups in total. The van der Waals surface area contributed by atoms with E-state index in [4.69, 9.17) is 0 Å². The van der Waals surface area contributed by atoms with E-state index < -0.39 is 40.5 Å². The molecule has 1 heterocycles. The smallest absolute Gasteiger partial charge is 0.217 e. The van der Waals surface area contributed by atoms with Crippen molar-refractivity contribution in [1.82, 2.24) is 12.8 Å². The fourth-order valence-corrected chi connectivity index (χ4v) is 12.5. The highest BCUT2D eigenvalue weighted by atomic mass is 32.2. The van der Waals surface area contributed by atoms with Gasteiger partial charge in [-0.3, -0.25) is 4.67 Å². The first-order valence-corrected chi connectivity index (χ1v) is 16.4. The van der Waals surface area contributed by atoms with Crippen LogP contribution in [0.15, 0.2) is 72.8 Å². The lowest BCUT2D eigenvalue weighted by molar-refractivity contribution is 0.377. The van der Waals surface area contributed by atoms with Crippen LogP contribution in [0.1, 0.15) is 23.2 Å². The van der Waals surface area contributed by atoms with E-state index in [0.29, 0.717) is 0 Å². The molecule has 0 bridgehead atoms. The van der Waals surface area contributed by atoms with Crippen LogP contribution < -0.4 is 0 Å². The van der Waals surface area contributed by atoms with Crippen LogP contribution in [0.4, 0.5) is 0 Å². The third kappa shape index (κ3) is 3.38. The summed E-state index contributed by atoms with van der Waals surface area (Å²) in [5, 5.41) is 4.14. The molecule has 2 atom stereocenters. The van der Waals surface area contributed by atoms with Gasteiger partial charge in [0.1, 0.15) is 8.37 Å². The van der Waals surface area contributed by atoms with Gasteiger partial charge in [0.25, 0.3) is 0 Å². The highest BCUT2D eigenvalue weighted by Gasteiger charge is 2.59. The Labute approximate surface area is 212 Å². The second kappa shape index (κ2) is 8.05. The maximum atomic E-state index is 13.4. The summed E-state index contributed by atoms with van der Waals surface area (Å²) >= 11 is 0. The van der Waals surface area contributed by atoms with Gasteiger partial charge in [-0.05, 0) is 57.9 Å². The first-order valence-electron chi connectivity index (χ1n) is 11.5. The molecule has 10 heteroatoms. The van der Waals surface area contributed by atoms with Gasteiger partial charge in [0.2, 0.25) is 20.0 Å². The van der Waals surface area contributed by atoms with E-state index in [1.165, 1.54) is 20.7 Å². The second-order valence-corrected chi connectivity index (χ2v) is 16.0. The van der Waals surface area contributed by atoms with Gasteiger partial charge in [-0.1, -0.05) is 72.8 Å². The van der Waals surface area contributed by atoms with Crippen LogP contribution in [0, 0.1) is 0 Å². The third-order valence-corrected chi connectivity index (χ3v) is 13.4. The van der Waals surface area contributed by atoms with Gasteiger partial charge in [-0.2, -0.15) is 0 Å². The first-order chi connectivity index (χ1) is 17.0. The molecule has 36 heavy (non-hydrogen) atoms. The molecule has 0 saturated carbocycles. The van der Waals surface area contributed by atoms with E-state index in [1.54, 1.807) is 18.8 Å². The lowest BCUT2D eigenvalue weighted by Gasteiger charge is -2.35. The number of fused-ring (bicyclic) bond motifs is 10. The molecule has 0 aromatic heterocycles. The van der Waals surface area contributed by atoms with Crippen LogP contribution in [0.25, 0.3) is 32.7 Å². The molecule has 0 amide bonds. The minimum atomic E-state index is -3.79. The number of benzene rings is 4. The molecule has 2 aliphatic rings. The third-order valence-electron chi connectivity index (χ3n) is 6.97. The summed E-state index contributed by atoms with van der Waals surface area (Å²) in [6, 6.07) is 22.7. The van der Waals surface area contributed by atoms with Crippen molar-refractivity contribution in [2.75, 3.05) is 26.6 Å². The molecular formula is C26H26N3O4PS2. The maximum Gasteiger partial charge on any atom is 0.217 e. The van der Waals surface area contributed by atoms with Gasteiger partial charge in [0.05, 0.1) is 24.6 Å². The maximum absolute atomic E-state index is 13.4. The Morgan fingerprint density at radius 2 is 1.03 bits per heavy atom. The molecule has 1 aliphatic carbocycles. The molecule has 4 aromatic rings.